The quantitative estimate of drug-likeness (QED) is 0.210. The van der Waals surface area contributed by atoms with Crippen LogP contribution in [0.5, 0.6) is 0 Å². The summed E-state index contributed by atoms with van der Waals surface area (Å²) in [6.45, 7) is 0. The van der Waals surface area contributed by atoms with Gasteiger partial charge in [0.2, 0.25) is 5.43 Å². The van der Waals surface area contributed by atoms with Gasteiger partial charge in [-0.25, -0.2) is 0 Å². The molecule has 0 atom stereocenters. The zero-order valence-electron chi connectivity index (χ0n) is 21.7. The second-order valence-electron chi connectivity index (χ2n) is 10.4. The molecule has 5 aromatic carbocycles. The Morgan fingerprint density at radius 3 is 2.12 bits per heavy atom. The summed E-state index contributed by atoms with van der Waals surface area (Å²) in [7, 11) is 0. The van der Waals surface area contributed by atoms with Crippen LogP contribution in [0, 0.1) is 0 Å². The largest absolute Gasteiger partial charge is 0.456 e. The van der Waals surface area contributed by atoms with E-state index in [9.17, 15) is 4.79 Å². The van der Waals surface area contributed by atoms with Crippen molar-refractivity contribution >= 4 is 65.7 Å². The minimum absolute atomic E-state index is 0.0158. The van der Waals surface area contributed by atoms with Gasteiger partial charge in [0.1, 0.15) is 22.3 Å². The van der Waals surface area contributed by atoms with E-state index in [1.807, 2.05) is 67.0 Å². The van der Waals surface area contributed by atoms with Crippen molar-refractivity contribution in [1.29, 1.82) is 0 Å². The van der Waals surface area contributed by atoms with Crippen molar-refractivity contribution in [2.24, 2.45) is 0 Å². The molecule has 0 radical (unpaired) electrons. The van der Waals surface area contributed by atoms with E-state index in [1.54, 1.807) is 6.07 Å². The third kappa shape index (κ3) is 3.17. The van der Waals surface area contributed by atoms with Crippen molar-refractivity contribution in [3.63, 3.8) is 0 Å². The Labute approximate surface area is 232 Å². The summed E-state index contributed by atoms with van der Waals surface area (Å²) in [5, 5.41) is 5.57. The van der Waals surface area contributed by atoms with Crippen LogP contribution in [0.25, 0.3) is 82.5 Å². The Kier molecular flexibility index (Phi) is 4.41. The van der Waals surface area contributed by atoms with Crippen molar-refractivity contribution in [3.05, 3.63) is 132 Å². The van der Waals surface area contributed by atoms with E-state index in [0.717, 1.165) is 60.6 Å². The lowest BCUT2D eigenvalue weighted by molar-refractivity contribution is 0.660. The van der Waals surface area contributed by atoms with Crippen LogP contribution in [0.3, 0.4) is 0 Å². The first-order chi connectivity index (χ1) is 20.2. The third-order valence-corrected chi connectivity index (χ3v) is 8.08. The van der Waals surface area contributed by atoms with Gasteiger partial charge in [0, 0.05) is 45.7 Å². The average molecular weight is 529 g/mol. The number of rotatable bonds is 2. The van der Waals surface area contributed by atoms with Crippen LogP contribution in [0.2, 0.25) is 0 Å². The van der Waals surface area contributed by atoms with E-state index >= 15 is 0 Å². The summed E-state index contributed by atoms with van der Waals surface area (Å²) in [6.07, 6.45) is 3.76. The minimum atomic E-state index is -0.0158. The molecule has 0 saturated carbocycles. The summed E-state index contributed by atoms with van der Waals surface area (Å²) in [5.74, 6) is 0. The highest BCUT2D eigenvalue weighted by Crippen LogP contribution is 2.38. The summed E-state index contributed by atoms with van der Waals surface area (Å²) in [4.78, 5) is 17.5. The van der Waals surface area contributed by atoms with Crippen LogP contribution in [0.1, 0.15) is 0 Å². The molecule has 0 N–H and O–H groups in total. The van der Waals surface area contributed by atoms with Crippen LogP contribution in [0.15, 0.2) is 135 Å². The molecule has 0 aliphatic rings. The average Bonchev–Trinajstić information content (AvgIpc) is 3.54. The minimum Gasteiger partial charge on any atom is -0.456 e. The van der Waals surface area contributed by atoms with Gasteiger partial charge >= 0.3 is 0 Å². The Bertz CT molecular complexity index is 2570. The van der Waals surface area contributed by atoms with Gasteiger partial charge in [-0.15, -0.1) is 0 Å². The van der Waals surface area contributed by atoms with Crippen LogP contribution in [-0.2, 0) is 0 Å². The van der Waals surface area contributed by atoms with E-state index in [0.29, 0.717) is 21.9 Å². The van der Waals surface area contributed by atoms with Crippen molar-refractivity contribution in [2.75, 3.05) is 0 Å². The second kappa shape index (κ2) is 8.16. The number of furan rings is 1. The lowest BCUT2D eigenvalue weighted by Crippen LogP contribution is -2.01. The molecule has 0 bridgehead atoms. The Morgan fingerprint density at radius 1 is 0.512 bits per heavy atom. The molecule has 0 saturated heterocycles. The maximum absolute atomic E-state index is 13.1. The molecule has 5 nitrogen and oxygen atoms in total. The molecule has 0 spiro atoms. The molecule has 0 amide bonds. The summed E-state index contributed by atoms with van der Waals surface area (Å²) in [6, 6.07) is 36.1. The molecule has 0 aliphatic carbocycles. The first-order valence-electron chi connectivity index (χ1n) is 13.5. The molecule has 0 unspecified atom stereocenters. The predicted octanol–water partition coefficient (Wildman–Crippen LogP) is 9.00. The van der Waals surface area contributed by atoms with Crippen LogP contribution in [0.4, 0.5) is 0 Å². The molecular formula is C36H20N2O3. The van der Waals surface area contributed by atoms with E-state index in [2.05, 4.69) is 58.1 Å². The first kappa shape index (κ1) is 22.2. The highest BCUT2D eigenvalue weighted by atomic mass is 16.3. The van der Waals surface area contributed by atoms with Crippen molar-refractivity contribution in [1.82, 2.24) is 9.55 Å². The lowest BCUT2D eigenvalue weighted by Gasteiger charge is -2.11. The molecular weight excluding hydrogens is 508 g/mol. The topological polar surface area (TPSA) is 61.2 Å². The number of aromatic nitrogens is 2. The zero-order valence-corrected chi connectivity index (χ0v) is 21.7. The molecule has 0 fully saturated rings. The standard InChI is InChI=1S/C36H20N2O3/c39-36-25-9-2-4-11-33(25)41-34-17-22(12-13-26(34)36)21-6-5-7-23(16-21)38-30-14-15-37-20-29(30)27-18-28-24-8-1-3-10-32(24)40-35(28)19-31(27)38/h1-20H. The Morgan fingerprint density at radius 2 is 1.24 bits per heavy atom. The molecule has 4 heterocycles. The van der Waals surface area contributed by atoms with Gasteiger partial charge in [-0.1, -0.05) is 48.5 Å². The number of nitrogens with zero attached hydrogens (tertiary/aromatic N) is 2. The molecule has 5 heteroatoms. The molecule has 4 aromatic heterocycles. The van der Waals surface area contributed by atoms with E-state index in [4.69, 9.17) is 8.83 Å². The summed E-state index contributed by atoms with van der Waals surface area (Å²) >= 11 is 0. The van der Waals surface area contributed by atoms with Gasteiger partial charge in [-0.3, -0.25) is 9.78 Å². The predicted molar refractivity (Wildman–Crippen MR) is 165 cm³/mol. The maximum Gasteiger partial charge on any atom is 0.200 e. The van der Waals surface area contributed by atoms with Crippen LogP contribution < -0.4 is 5.43 Å². The van der Waals surface area contributed by atoms with Gasteiger partial charge in [-0.2, -0.15) is 0 Å². The third-order valence-electron chi connectivity index (χ3n) is 8.08. The maximum atomic E-state index is 13.1. The van der Waals surface area contributed by atoms with Crippen molar-refractivity contribution in [2.45, 2.75) is 0 Å². The Balaban J connectivity index is 1.27. The zero-order chi connectivity index (χ0) is 27.1. The molecule has 41 heavy (non-hydrogen) atoms. The van der Waals surface area contributed by atoms with E-state index in [1.165, 1.54) is 0 Å². The molecule has 9 aromatic rings. The van der Waals surface area contributed by atoms with Crippen LogP contribution >= 0.6 is 0 Å². The van der Waals surface area contributed by atoms with Gasteiger partial charge < -0.3 is 13.4 Å². The fourth-order valence-electron chi connectivity index (χ4n) is 6.16. The summed E-state index contributed by atoms with van der Waals surface area (Å²) in [5.41, 5.74) is 8.01. The van der Waals surface area contributed by atoms with Crippen molar-refractivity contribution in [3.8, 4) is 16.8 Å². The van der Waals surface area contributed by atoms with Gasteiger partial charge in [0.15, 0.2) is 0 Å². The molecule has 192 valence electrons. The number of hydrogen-bond acceptors (Lipinski definition) is 4. The molecule has 9 rings (SSSR count). The van der Waals surface area contributed by atoms with Gasteiger partial charge in [0.05, 0.1) is 21.8 Å². The van der Waals surface area contributed by atoms with E-state index in [-0.39, 0.29) is 5.43 Å². The fraction of sp³-hybridized carbons (Fsp3) is 0. The van der Waals surface area contributed by atoms with Crippen molar-refractivity contribution < 1.29 is 8.83 Å². The van der Waals surface area contributed by atoms with Gasteiger partial charge in [0.25, 0.3) is 0 Å². The fourth-order valence-corrected chi connectivity index (χ4v) is 6.16. The molecule has 0 aliphatic heterocycles. The van der Waals surface area contributed by atoms with Gasteiger partial charge in [-0.05, 0) is 65.7 Å². The van der Waals surface area contributed by atoms with E-state index < -0.39 is 0 Å². The number of benzene rings is 5. The number of hydrogen-bond donors (Lipinski definition) is 0. The normalized spacial score (nSPS) is 12.0. The monoisotopic (exact) mass is 528 g/mol. The number of pyridine rings is 1. The second-order valence-corrected chi connectivity index (χ2v) is 10.4. The number of fused-ring (bicyclic) bond motifs is 8. The highest BCUT2D eigenvalue weighted by molar-refractivity contribution is 6.17. The SMILES string of the molecule is O=c1c2ccccc2oc2cc(-c3cccc(-n4c5ccncc5c5cc6c(cc54)oc4ccccc46)c3)ccc12. The first-order valence-corrected chi connectivity index (χ1v) is 13.5. The summed E-state index contributed by atoms with van der Waals surface area (Å²) < 4.78 is 14.7. The lowest BCUT2D eigenvalue weighted by atomic mass is 10.0. The van der Waals surface area contributed by atoms with Crippen LogP contribution in [-0.4, -0.2) is 9.55 Å². The Hall–Kier alpha value is -5.68. The highest BCUT2D eigenvalue weighted by Gasteiger charge is 2.17. The smallest absolute Gasteiger partial charge is 0.200 e. The number of para-hydroxylation sites is 2.